The Morgan fingerprint density at radius 2 is 2.05 bits per heavy atom. The number of anilines is 1. The minimum Gasteiger partial charge on any atom is -0.388 e. The van der Waals surface area contributed by atoms with Crippen molar-refractivity contribution in [2.45, 2.75) is 32.8 Å². The molecule has 0 aliphatic heterocycles. The van der Waals surface area contributed by atoms with Gasteiger partial charge in [-0.2, -0.15) is 0 Å². The summed E-state index contributed by atoms with van der Waals surface area (Å²) >= 11 is 0. The fourth-order valence-corrected chi connectivity index (χ4v) is 2.07. The summed E-state index contributed by atoms with van der Waals surface area (Å²) in [6.07, 6.45) is 3.90. The summed E-state index contributed by atoms with van der Waals surface area (Å²) in [6, 6.07) is 1.72. The van der Waals surface area contributed by atoms with E-state index in [1.165, 1.54) is 0 Å². The van der Waals surface area contributed by atoms with Gasteiger partial charge in [0, 0.05) is 26.0 Å². The van der Waals surface area contributed by atoms with Crippen molar-refractivity contribution in [1.82, 2.24) is 15.3 Å². The predicted octanol–water partition coefficient (Wildman–Crippen LogP) is 0.826. The van der Waals surface area contributed by atoms with Gasteiger partial charge in [-0.15, -0.1) is 0 Å². The summed E-state index contributed by atoms with van der Waals surface area (Å²) < 4.78 is 0. The van der Waals surface area contributed by atoms with Crippen LogP contribution in [0.2, 0.25) is 0 Å². The van der Waals surface area contributed by atoms with E-state index in [9.17, 15) is 9.90 Å². The molecule has 0 saturated heterocycles. The van der Waals surface area contributed by atoms with Crippen LogP contribution in [-0.2, 0) is 4.79 Å². The van der Waals surface area contributed by atoms with Crippen LogP contribution in [-0.4, -0.2) is 46.7 Å². The maximum atomic E-state index is 11.8. The van der Waals surface area contributed by atoms with Crippen LogP contribution < -0.4 is 10.2 Å². The molecule has 1 atom stereocenters. The Morgan fingerprint density at radius 1 is 1.45 bits per heavy atom. The molecule has 0 aromatic carbocycles. The van der Waals surface area contributed by atoms with Crippen LogP contribution in [0.5, 0.6) is 0 Å². The van der Waals surface area contributed by atoms with Crippen molar-refractivity contribution in [3.63, 3.8) is 0 Å². The number of hydrogen-bond acceptors (Lipinski definition) is 5. The second-order valence-corrected chi connectivity index (χ2v) is 5.78. The van der Waals surface area contributed by atoms with Crippen molar-refractivity contribution in [3.05, 3.63) is 18.5 Å². The van der Waals surface area contributed by atoms with Gasteiger partial charge < -0.3 is 15.3 Å². The second-order valence-electron chi connectivity index (χ2n) is 5.78. The predicted molar refractivity (Wildman–Crippen MR) is 78.4 cm³/mol. The Kier molecular flexibility index (Phi) is 5.88. The average Bonchev–Trinajstić information content (AvgIpc) is 2.36. The highest BCUT2D eigenvalue weighted by Gasteiger charge is 2.22. The third kappa shape index (κ3) is 5.97. The number of rotatable bonds is 7. The molecule has 0 fully saturated rings. The first-order valence-corrected chi connectivity index (χ1v) is 6.77. The van der Waals surface area contributed by atoms with Crippen molar-refractivity contribution < 1.29 is 9.90 Å². The first kappa shape index (κ1) is 16.4. The van der Waals surface area contributed by atoms with Crippen molar-refractivity contribution in [1.29, 1.82) is 0 Å². The van der Waals surface area contributed by atoms with Gasteiger partial charge in [-0.3, -0.25) is 4.79 Å². The molecule has 0 saturated carbocycles. The van der Waals surface area contributed by atoms with Gasteiger partial charge in [-0.1, -0.05) is 13.8 Å². The molecule has 1 aromatic rings. The van der Waals surface area contributed by atoms with Crippen LogP contribution in [0.15, 0.2) is 18.5 Å². The lowest BCUT2D eigenvalue weighted by atomic mass is 9.94. The summed E-state index contributed by atoms with van der Waals surface area (Å²) in [7, 11) is 1.75. The third-order valence-corrected chi connectivity index (χ3v) is 2.79. The second kappa shape index (κ2) is 7.19. The number of carbonyl (C=O) groups is 1. The van der Waals surface area contributed by atoms with Crippen molar-refractivity contribution in [2.75, 3.05) is 25.0 Å². The lowest BCUT2D eigenvalue weighted by Crippen LogP contribution is -2.44. The number of nitrogens with zero attached hydrogens (tertiary/aromatic N) is 3. The number of hydrogen-bond donors (Lipinski definition) is 2. The molecule has 0 spiro atoms. The highest BCUT2D eigenvalue weighted by molar-refractivity contribution is 5.80. The average molecular weight is 280 g/mol. The Hall–Kier alpha value is -1.69. The van der Waals surface area contributed by atoms with Gasteiger partial charge in [-0.05, 0) is 25.3 Å². The molecule has 1 rings (SSSR count). The SMILES string of the molecule is CC(C)CC(C)(O)CNC(=O)CN(C)c1ncccn1. The summed E-state index contributed by atoms with van der Waals surface area (Å²) in [5.41, 5.74) is -0.883. The van der Waals surface area contributed by atoms with Crippen LogP contribution in [0.3, 0.4) is 0 Å². The van der Waals surface area contributed by atoms with Gasteiger partial charge in [0.05, 0.1) is 12.1 Å². The molecule has 6 heteroatoms. The van der Waals surface area contributed by atoms with Crippen LogP contribution in [0.4, 0.5) is 5.95 Å². The maximum absolute atomic E-state index is 11.8. The zero-order valence-corrected chi connectivity index (χ0v) is 12.6. The number of carbonyl (C=O) groups excluding carboxylic acids is 1. The topological polar surface area (TPSA) is 78.4 Å². The molecule has 1 aromatic heterocycles. The summed E-state index contributed by atoms with van der Waals surface area (Å²) in [5.74, 6) is 0.711. The fraction of sp³-hybridized carbons (Fsp3) is 0.643. The summed E-state index contributed by atoms with van der Waals surface area (Å²) in [6.45, 7) is 6.21. The molecule has 20 heavy (non-hydrogen) atoms. The number of amides is 1. The van der Waals surface area contributed by atoms with E-state index in [-0.39, 0.29) is 19.0 Å². The lowest BCUT2D eigenvalue weighted by molar-refractivity contribution is -0.121. The van der Waals surface area contributed by atoms with E-state index in [0.29, 0.717) is 18.3 Å². The number of likely N-dealkylation sites (N-methyl/N-ethyl adjacent to an activating group) is 1. The first-order valence-electron chi connectivity index (χ1n) is 6.77. The minimum atomic E-state index is -0.883. The van der Waals surface area contributed by atoms with Gasteiger partial charge in [0.1, 0.15) is 0 Å². The molecule has 0 aliphatic carbocycles. The van der Waals surface area contributed by atoms with Gasteiger partial charge in [0.15, 0.2) is 0 Å². The van der Waals surface area contributed by atoms with Gasteiger partial charge in [0.25, 0.3) is 0 Å². The highest BCUT2D eigenvalue weighted by atomic mass is 16.3. The number of aliphatic hydroxyl groups is 1. The molecule has 0 bridgehead atoms. The Bertz CT molecular complexity index is 420. The molecule has 0 radical (unpaired) electrons. The molecule has 0 aliphatic rings. The van der Waals surface area contributed by atoms with E-state index in [4.69, 9.17) is 0 Å². The maximum Gasteiger partial charge on any atom is 0.239 e. The molecule has 112 valence electrons. The Morgan fingerprint density at radius 3 is 2.60 bits per heavy atom. The minimum absolute atomic E-state index is 0.155. The molecule has 1 amide bonds. The fourth-order valence-electron chi connectivity index (χ4n) is 2.07. The van der Waals surface area contributed by atoms with Crippen molar-refractivity contribution >= 4 is 11.9 Å². The molecule has 1 heterocycles. The monoisotopic (exact) mass is 280 g/mol. The van der Waals surface area contributed by atoms with Gasteiger partial charge >= 0.3 is 0 Å². The Labute approximate surface area is 120 Å². The molecule has 1 unspecified atom stereocenters. The van der Waals surface area contributed by atoms with Crippen LogP contribution in [0.1, 0.15) is 27.2 Å². The number of aromatic nitrogens is 2. The van der Waals surface area contributed by atoms with Gasteiger partial charge in [-0.25, -0.2) is 9.97 Å². The van der Waals surface area contributed by atoms with E-state index in [2.05, 4.69) is 15.3 Å². The van der Waals surface area contributed by atoms with E-state index in [1.807, 2.05) is 13.8 Å². The van der Waals surface area contributed by atoms with Crippen molar-refractivity contribution in [2.24, 2.45) is 5.92 Å². The smallest absolute Gasteiger partial charge is 0.239 e. The Balaban J connectivity index is 2.41. The number of nitrogens with one attached hydrogen (secondary N) is 1. The van der Waals surface area contributed by atoms with Crippen LogP contribution in [0, 0.1) is 5.92 Å². The van der Waals surface area contributed by atoms with Crippen LogP contribution in [0.25, 0.3) is 0 Å². The highest BCUT2D eigenvalue weighted by Crippen LogP contribution is 2.14. The lowest BCUT2D eigenvalue weighted by Gasteiger charge is -2.26. The van der Waals surface area contributed by atoms with Crippen LogP contribution >= 0.6 is 0 Å². The van der Waals surface area contributed by atoms with E-state index < -0.39 is 5.60 Å². The molecular formula is C14H24N4O2. The molecule has 2 N–H and O–H groups in total. The van der Waals surface area contributed by atoms with E-state index >= 15 is 0 Å². The summed E-state index contributed by atoms with van der Waals surface area (Å²) in [5, 5.41) is 12.9. The normalized spacial score (nSPS) is 13.9. The zero-order valence-electron chi connectivity index (χ0n) is 12.6. The van der Waals surface area contributed by atoms with E-state index in [1.54, 1.807) is 37.3 Å². The van der Waals surface area contributed by atoms with E-state index in [0.717, 1.165) is 0 Å². The third-order valence-electron chi connectivity index (χ3n) is 2.79. The molecule has 6 nitrogen and oxygen atoms in total. The van der Waals surface area contributed by atoms with Gasteiger partial charge in [0.2, 0.25) is 11.9 Å². The first-order chi connectivity index (χ1) is 9.30. The largest absolute Gasteiger partial charge is 0.388 e. The molecular weight excluding hydrogens is 256 g/mol. The summed E-state index contributed by atoms with van der Waals surface area (Å²) in [4.78, 5) is 21.6. The van der Waals surface area contributed by atoms with Crippen molar-refractivity contribution in [3.8, 4) is 0 Å². The quantitative estimate of drug-likeness (QED) is 0.773. The zero-order chi connectivity index (χ0) is 15.2. The standard InChI is InChI=1S/C14H24N4O2/c1-11(2)8-14(3,20)10-17-12(19)9-18(4)13-15-6-5-7-16-13/h5-7,11,20H,8-10H2,1-4H3,(H,17,19).